The van der Waals surface area contributed by atoms with Gasteiger partial charge >= 0.3 is 0 Å². The molecule has 0 aliphatic carbocycles. The highest BCUT2D eigenvalue weighted by atomic mass is 32.1. The molecule has 0 aromatic carbocycles. The summed E-state index contributed by atoms with van der Waals surface area (Å²) in [6, 6.07) is 2.34. The van der Waals surface area contributed by atoms with E-state index in [1.165, 1.54) is 5.56 Å². The molecule has 3 nitrogen and oxygen atoms in total. The lowest BCUT2D eigenvalue weighted by atomic mass is 10.1. The fraction of sp³-hybridized carbons (Fsp3) is 0.364. The summed E-state index contributed by atoms with van der Waals surface area (Å²) in [5, 5.41) is 7.75. The van der Waals surface area contributed by atoms with Crippen molar-refractivity contribution in [3.05, 3.63) is 40.6 Å². The first-order valence-electron chi connectivity index (χ1n) is 5.16. The van der Waals surface area contributed by atoms with Crippen LogP contribution in [0.25, 0.3) is 0 Å². The minimum absolute atomic E-state index is 0.200. The molecule has 0 spiro atoms. The van der Waals surface area contributed by atoms with Gasteiger partial charge in [0.15, 0.2) is 0 Å². The molecule has 0 saturated heterocycles. The third-order valence-electron chi connectivity index (χ3n) is 2.27. The summed E-state index contributed by atoms with van der Waals surface area (Å²) in [6.45, 7) is 3.17. The summed E-state index contributed by atoms with van der Waals surface area (Å²) in [5.41, 5.74) is 1.28. The van der Waals surface area contributed by atoms with E-state index < -0.39 is 0 Å². The summed E-state index contributed by atoms with van der Waals surface area (Å²) in [5.74, 6) is 0.988. The predicted molar refractivity (Wildman–Crippen MR) is 63.0 cm³/mol. The van der Waals surface area contributed by atoms with Gasteiger partial charge in [-0.1, -0.05) is 6.92 Å². The van der Waals surface area contributed by atoms with Crippen molar-refractivity contribution in [1.82, 2.24) is 15.3 Å². The zero-order valence-electron chi connectivity index (χ0n) is 8.73. The normalized spacial score (nSPS) is 12.9. The molecule has 15 heavy (non-hydrogen) atoms. The van der Waals surface area contributed by atoms with E-state index in [9.17, 15) is 0 Å². The van der Waals surface area contributed by atoms with Crippen LogP contribution in [-0.4, -0.2) is 16.5 Å². The van der Waals surface area contributed by atoms with Crippen molar-refractivity contribution >= 4 is 11.3 Å². The molecule has 1 atom stereocenters. The van der Waals surface area contributed by atoms with E-state index in [2.05, 4.69) is 39.0 Å². The van der Waals surface area contributed by atoms with Crippen molar-refractivity contribution in [2.45, 2.75) is 19.4 Å². The Morgan fingerprint density at radius 2 is 2.53 bits per heavy atom. The number of nitrogens with zero attached hydrogens (tertiary/aromatic N) is 1. The molecular weight excluding hydrogens is 206 g/mol. The maximum absolute atomic E-state index is 4.31. The highest BCUT2D eigenvalue weighted by Crippen LogP contribution is 2.21. The minimum atomic E-state index is 0.200. The van der Waals surface area contributed by atoms with Crippen LogP contribution in [0.3, 0.4) is 0 Å². The first kappa shape index (κ1) is 10.4. The Morgan fingerprint density at radius 3 is 3.13 bits per heavy atom. The maximum Gasteiger partial charge on any atom is 0.127 e. The number of hydrogen-bond acceptors (Lipinski definition) is 3. The molecule has 0 bridgehead atoms. The smallest absolute Gasteiger partial charge is 0.127 e. The van der Waals surface area contributed by atoms with Gasteiger partial charge in [-0.25, -0.2) is 4.98 Å². The van der Waals surface area contributed by atoms with Crippen LogP contribution in [-0.2, 0) is 0 Å². The zero-order valence-corrected chi connectivity index (χ0v) is 9.55. The van der Waals surface area contributed by atoms with E-state index >= 15 is 0 Å². The molecule has 0 aliphatic heterocycles. The second kappa shape index (κ2) is 5.09. The molecule has 0 saturated carbocycles. The Kier molecular flexibility index (Phi) is 3.53. The van der Waals surface area contributed by atoms with E-state index in [1.54, 1.807) is 17.5 Å². The van der Waals surface area contributed by atoms with Crippen LogP contribution in [0.15, 0.2) is 29.2 Å². The van der Waals surface area contributed by atoms with Crippen LogP contribution in [0.4, 0.5) is 0 Å². The number of aromatic amines is 1. The summed E-state index contributed by atoms with van der Waals surface area (Å²) in [4.78, 5) is 7.48. The summed E-state index contributed by atoms with van der Waals surface area (Å²) in [6.07, 6.45) is 4.78. The molecule has 2 heterocycles. The second-order valence-corrected chi connectivity index (χ2v) is 4.20. The number of imidazole rings is 1. The van der Waals surface area contributed by atoms with Crippen LogP contribution >= 0.6 is 11.3 Å². The Bertz CT molecular complexity index is 332. The van der Waals surface area contributed by atoms with Gasteiger partial charge in [-0.3, -0.25) is 0 Å². The third-order valence-corrected chi connectivity index (χ3v) is 2.97. The summed E-state index contributed by atoms with van der Waals surface area (Å²) >= 11 is 1.72. The van der Waals surface area contributed by atoms with Crippen molar-refractivity contribution in [3.8, 4) is 0 Å². The zero-order chi connectivity index (χ0) is 10.5. The van der Waals surface area contributed by atoms with Gasteiger partial charge in [0.2, 0.25) is 0 Å². The van der Waals surface area contributed by atoms with Gasteiger partial charge in [-0.05, 0) is 35.4 Å². The summed E-state index contributed by atoms with van der Waals surface area (Å²) < 4.78 is 0. The van der Waals surface area contributed by atoms with Gasteiger partial charge in [-0.15, -0.1) is 0 Å². The number of H-pyrrole nitrogens is 1. The highest BCUT2D eigenvalue weighted by Gasteiger charge is 2.15. The van der Waals surface area contributed by atoms with Gasteiger partial charge in [0.1, 0.15) is 5.82 Å². The summed E-state index contributed by atoms with van der Waals surface area (Å²) in [7, 11) is 0. The standard InChI is InChI=1S/C11H15N3S/c1-2-4-12-10(9-3-7-15-8-9)11-13-5-6-14-11/h3,5-8,10,12H,2,4H2,1H3,(H,13,14). The molecule has 1 unspecified atom stereocenters. The van der Waals surface area contributed by atoms with Crippen molar-refractivity contribution in [1.29, 1.82) is 0 Å². The van der Waals surface area contributed by atoms with E-state index in [4.69, 9.17) is 0 Å². The Labute approximate surface area is 93.6 Å². The average molecular weight is 221 g/mol. The Morgan fingerprint density at radius 1 is 1.60 bits per heavy atom. The maximum atomic E-state index is 4.31. The van der Waals surface area contributed by atoms with Gasteiger partial charge < -0.3 is 10.3 Å². The van der Waals surface area contributed by atoms with Crippen molar-refractivity contribution in [3.63, 3.8) is 0 Å². The number of hydrogen-bond donors (Lipinski definition) is 2. The first-order valence-corrected chi connectivity index (χ1v) is 6.11. The van der Waals surface area contributed by atoms with Crippen molar-refractivity contribution < 1.29 is 0 Å². The highest BCUT2D eigenvalue weighted by molar-refractivity contribution is 7.08. The van der Waals surface area contributed by atoms with Gasteiger partial charge in [0.05, 0.1) is 6.04 Å². The lowest BCUT2D eigenvalue weighted by Crippen LogP contribution is -2.23. The molecule has 2 aromatic heterocycles. The van der Waals surface area contributed by atoms with Crippen LogP contribution < -0.4 is 5.32 Å². The number of rotatable bonds is 5. The van der Waals surface area contributed by atoms with Gasteiger partial charge in [-0.2, -0.15) is 11.3 Å². The minimum Gasteiger partial charge on any atom is -0.347 e. The molecule has 4 heteroatoms. The van der Waals surface area contributed by atoms with E-state index in [0.29, 0.717) is 0 Å². The monoisotopic (exact) mass is 221 g/mol. The topological polar surface area (TPSA) is 40.7 Å². The lowest BCUT2D eigenvalue weighted by molar-refractivity contribution is 0.578. The average Bonchev–Trinajstić information content (AvgIpc) is 2.90. The molecule has 2 N–H and O–H groups in total. The Balaban J connectivity index is 2.17. The quantitative estimate of drug-likeness (QED) is 0.814. The largest absolute Gasteiger partial charge is 0.347 e. The number of nitrogens with one attached hydrogen (secondary N) is 2. The SMILES string of the molecule is CCCNC(c1ccsc1)c1ncc[nH]1. The molecule has 0 radical (unpaired) electrons. The molecule has 0 fully saturated rings. The predicted octanol–water partition coefficient (Wildman–Crippen LogP) is 2.56. The fourth-order valence-corrected chi connectivity index (χ4v) is 2.22. The van der Waals surface area contributed by atoms with E-state index in [-0.39, 0.29) is 6.04 Å². The molecule has 2 rings (SSSR count). The molecule has 0 aliphatic rings. The van der Waals surface area contributed by atoms with Crippen LogP contribution in [0.1, 0.15) is 30.8 Å². The molecule has 0 amide bonds. The van der Waals surface area contributed by atoms with Crippen LogP contribution in [0.2, 0.25) is 0 Å². The third kappa shape index (κ3) is 2.46. The molecule has 80 valence electrons. The molecule has 2 aromatic rings. The fourth-order valence-electron chi connectivity index (χ4n) is 1.54. The van der Waals surface area contributed by atoms with E-state index in [0.717, 1.165) is 18.8 Å². The Hall–Kier alpha value is -1.13. The number of aromatic nitrogens is 2. The van der Waals surface area contributed by atoms with E-state index in [1.807, 2.05) is 6.20 Å². The molecular formula is C11H15N3S. The lowest BCUT2D eigenvalue weighted by Gasteiger charge is -2.14. The first-order chi connectivity index (χ1) is 7.42. The van der Waals surface area contributed by atoms with Crippen LogP contribution in [0, 0.1) is 0 Å². The van der Waals surface area contributed by atoms with Gasteiger partial charge in [0.25, 0.3) is 0 Å². The van der Waals surface area contributed by atoms with Crippen molar-refractivity contribution in [2.75, 3.05) is 6.54 Å². The van der Waals surface area contributed by atoms with Gasteiger partial charge in [0, 0.05) is 12.4 Å². The van der Waals surface area contributed by atoms with Crippen molar-refractivity contribution in [2.24, 2.45) is 0 Å². The number of thiophene rings is 1. The van der Waals surface area contributed by atoms with Crippen LogP contribution in [0.5, 0.6) is 0 Å². The second-order valence-electron chi connectivity index (χ2n) is 3.42.